The SMILES string of the molecule is CCOc1cc2c(cc1OCC)CN(CC(=O)NCCc1ccccc1F)CC2. The molecule has 2 aromatic rings. The molecule has 0 saturated carbocycles. The van der Waals surface area contributed by atoms with E-state index < -0.39 is 0 Å². The van der Waals surface area contributed by atoms with Gasteiger partial charge < -0.3 is 14.8 Å². The Kier molecular flexibility index (Phi) is 7.47. The molecule has 0 fully saturated rings. The van der Waals surface area contributed by atoms with Gasteiger partial charge in [-0.2, -0.15) is 0 Å². The van der Waals surface area contributed by atoms with Crippen molar-refractivity contribution in [1.29, 1.82) is 0 Å². The van der Waals surface area contributed by atoms with E-state index in [1.54, 1.807) is 18.2 Å². The molecule has 2 aromatic carbocycles. The van der Waals surface area contributed by atoms with Crippen LogP contribution in [-0.4, -0.2) is 43.7 Å². The van der Waals surface area contributed by atoms with Crippen LogP contribution in [0.4, 0.5) is 4.39 Å². The maximum Gasteiger partial charge on any atom is 0.234 e. The summed E-state index contributed by atoms with van der Waals surface area (Å²) < 4.78 is 25.1. The zero-order chi connectivity index (χ0) is 20.6. The molecule has 29 heavy (non-hydrogen) atoms. The lowest BCUT2D eigenvalue weighted by Gasteiger charge is -2.29. The van der Waals surface area contributed by atoms with Crippen LogP contribution in [0.1, 0.15) is 30.5 Å². The quantitative estimate of drug-likeness (QED) is 0.702. The van der Waals surface area contributed by atoms with E-state index in [9.17, 15) is 9.18 Å². The van der Waals surface area contributed by atoms with Crippen LogP contribution in [0.25, 0.3) is 0 Å². The largest absolute Gasteiger partial charge is 0.490 e. The van der Waals surface area contributed by atoms with Crippen molar-refractivity contribution in [3.05, 3.63) is 58.9 Å². The molecule has 0 spiro atoms. The van der Waals surface area contributed by atoms with Gasteiger partial charge in [-0.3, -0.25) is 9.69 Å². The number of halogens is 1. The van der Waals surface area contributed by atoms with Crippen LogP contribution in [0.5, 0.6) is 11.5 Å². The van der Waals surface area contributed by atoms with E-state index in [4.69, 9.17) is 9.47 Å². The van der Waals surface area contributed by atoms with Crippen molar-refractivity contribution in [2.45, 2.75) is 33.2 Å². The predicted molar refractivity (Wildman–Crippen MR) is 111 cm³/mol. The van der Waals surface area contributed by atoms with Crippen LogP contribution in [0, 0.1) is 5.82 Å². The molecule has 1 N–H and O–H groups in total. The average Bonchev–Trinajstić information content (AvgIpc) is 2.70. The predicted octanol–water partition coefficient (Wildman–Crippen LogP) is 3.34. The highest BCUT2D eigenvalue weighted by molar-refractivity contribution is 5.78. The van der Waals surface area contributed by atoms with Crippen LogP contribution in [0.3, 0.4) is 0 Å². The summed E-state index contributed by atoms with van der Waals surface area (Å²) in [5.41, 5.74) is 3.03. The van der Waals surface area contributed by atoms with Gasteiger partial charge in [-0.15, -0.1) is 0 Å². The third-order valence-corrected chi connectivity index (χ3v) is 5.00. The van der Waals surface area contributed by atoms with Gasteiger partial charge in [0, 0.05) is 19.6 Å². The smallest absolute Gasteiger partial charge is 0.234 e. The van der Waals surface area contributed by atoms with Crippen LogP contribution in [0.2, 0.25) is 0 Å². The first-order valence-electron chi connectivity index (χ1n) is 10.2. The molecule has 0 aliphatic carbocycles. The average molecular weight is 400 g/mol. The highest BCUT2D eigenvalue weighted by Crippen LogP contribution is 2.33. The van der Waals surface area contributed by atoms with E-state index >= 15 is 0 Å². The molecule has 3 rings (SSSR count). The first-order chi connectivity index (χ1) is 14.1. The van der Waals surface area contributed by atoms with Gasteiger partial charge in [0.25, 0.3) is 0 Å². The number of rotatable bonds is 9. The molecule has 0 aromatic heterocycles. The van der Waals surface area contributed by atoms with Crippen LogP contribution >= 0.6 is 0 Å². The molecule has 0 atom stereocenters. The molecule has 1 aliphatic heterocycles. The number of hydrogen-bond donors (Lipinski definition) is 1. The highest BCUT2D eigenvalue weighted by Gasteiger charge is 2.21. The summed E-state index contributed by atoms with van der Waals surface area (Å²) in [6.45, 7) is 7.35. The molecule has 0 radical (unpaired) electrons. The Morgan fingerprint density at radius 2 is 1.79 bits per heavy atom. The maximum atomic E-state index is 13.7. The number of nitrogens with zero attached hydrogens (tertiary/aromatic N) is 1. The maximum absolute atomic E-state index is 13.7. The molecule has 1 aliphatic rings. The van der Waals surface area contributed by atoms with E-state index in [2.05, 4.69) is 16.3 Å². The van der Waals surface area contributed by atoms with Crippen molar-refractivity contribution < 1.29 is 18.7 Å². The van der Waals surface area contributed by atoms with Gasteiger partial charge in [0.05, 0.1) is 19.8 Å². The lowest BCUT2D eigenvalue weighted by Crippen LogP contribution is -2.40. The standard InChI is InChI=1S/C23H29FN2O3/c1-3-28-21-13-18-10-12-26(15-19(18)14-22(21)29-4-2)16-23(27)25-11-9-17-7-5-6-8-20(17)24/h5-8,13-14H,3-4,9-12,15-16H2,1-2H3,(H,25,27). The van der Waals surface area contributed by atoms with Gasteiger partial charge in [-0.25, -0.2) is 4.39 Å². The van der Waals surface area contributed by atoms with Crippen LogP contribution in [-0.2, 0) is 24.2 Å². The number of nitrogens with one attached hydrogen (secondary N) is 1. The summed E-state index contributed by atoms with van der Waals surface area (Å²) in [6, 6.07) is 10.8. The van der Waals surface area contributed by atoms with Gasteiger partial charge in [-0.1, -0.05) is 18.2 Å². The van der Waals surface area contributed by atoms with E-state index in [1.807, 2.05) is 19.9 Å². The second-order valence-corrected chi connectivity index (χ2v) is 7.09. The number of carbonyl (C=O) groups excluding carboxylic acids is 1. The minimum Gasteiger partial charge on any atom is -0.490 e. The molecule has 0 bridgehead atoms. The molecule has 6 heteroatoms. The molecule has 0 unspecified atom stereocenters. The summed E-state index contributed by atoms with van der Waals surface area (Å²) in [7, 11) is 0. The Labute approximate surface area is 171 Å². The van der Waals surface area contributed by atoms with E-state index in [0.717, 1.165) is 24.5 Å². The topological polar surface area (TPSA) is 50.8 Å². The number of amides is 1. The van der Waals surface area contributed by atoms with Gasteiger partial charge in [-0.05, 0) is 61.6 Å². The Hall–Kier alpha value is -2.60. The molecule has 156 valence electrons. The second-order valence-electron chi connectivity index (χ2n) is 7.09. The molecular formula is C23H29FN2O3. The number of fused-ring (bicyclic) bond motifs is 1. The number of ether oxygens (including phenoxy) is 2. The zero-order valence-corrected chi connectivity index (χ0v) is 17.2. The summed E-state index contributed by atoms with van der Waals surface area (Å²) in [5, 5.41) is 2.90. The van der Waals surface area contributed by atoms with Crippen LogP contribution < -0.4 is 14.8 Å². The highest BCUT2D eigenvalue weighted by atomic mass is 19.1. The van der Waals surface area contributed by atoms with Crippen LogP contribution in [0.15, 0.2) is 36.4 Å². The lowest BCUT2D eigenvalue weighted by molar-refractivity contribution is -0.122. The first kappa shape index (κ1) is 21.1. The monoisotopic (exact) mass is 400 g/mol. The van der Waals surface area contributed by atoms with Crippen molar-refractivity contribution in [2.75, 3.05) is 32.8 Å². The minimum absolute atomic E-state index is 0.0410. The molecule has 1 heterocycles. The number of hydrogen-bond acceptors (Lipinski definition) is 4. The molecular weight excluding hydrogens is 371 g/mol. The van der Waals surface area contributed by atoms with Crippen molar-refractivity contribution in [2.24, 2.45) is 0 Å². The molecule has 0 saturated heterocycles. The third-order valence-electron chi connectivity index (χ3n) is 5.00. The van der Waals surface area contributed by atoms with Gasteiger partial charge >= 0.3 is 0 Å². The fourth-order valence-corrected chi connectivity index (χ4v) is 3.59. The Morgan fingerprint density at radius 1 is 1.10 bits per heavy atom. The Morgan fingerprint density at radius 3 is 2.48 bits per heavy atom. The number of benzene rings is 2. The summed E-state index contributed by atoms with van der Waals surface area (Å²) >= 11 is 0. The Balaban J connectivity index is 1.54. The van der Waals surface area contributed by atoms with E-state index in [1.165, 1.54) is 17.2 Å². The summed E-state index contributed by atoms with van der Waals surface area (Å²) in [5.74, 6) is 1.27. The third kappa shape index (κ3) is 5.70. The number of carbonyl (C=O) groups is 1. The van der Waals surface area contributed by atoms with Crippen molar-refractivity contribution in [3.8, 4) is 11.5 Å². The zero-order valence-electron chi connectivity index (χ0n) is 17.2. The van der Waals surface area contributed by atoms with Gasteiger partial charge in [0.15, 0.2) is 11.5 Å². The normalized spacial score (nSPS) is 13.6. The fourth-order valence-electron chi connectivity index (χ4n) is 3.59. The summed E-state index contributed by atoms with van der Waals surface area (Å²) in [6.07, 6.45) is 1.35. The van der Waals surface area contributed by atoms with Gasteiger partial charge in [0.2, 0.25) is 5.91 Å². The fraction of sp³-hybridized carbons (Fsp3) is 0.435. The Bertz CT molecular complexity index is 841. The van der Waals surface area contributed by atoms with Crippen molar-refractivity contribution >= 4 is 5.91 Å². The lowest BCUT2D eigenvalue weighted by atomic mass is 9.98. The first-order valence-corrected chi connectivity index (χ1v) is 10.2. The van der Waals surface area contributed by atoms with E-state index in [-0.39, 0.29) is 11.7 Å². The molecule has 5 nitrogen and oxygen atoms in total. The van der Waals surface area contributed by atoms with E-state index in [0.29, 0.717) is 44.8 Å². The van der Waals surface area contributed by atoms with Gasteiger partial charge in [0.1, 0.15) is 5.82 Å². The summed E-state index contributed by atoms with van der Waals surface area (Å²) in [4.78, 5) is 14.4. The second kappa shape index (κ2) is 10.3. The van der Waals surface area contributed by atoms with Crippen molar-refractivity contribution in [3.63, 3.8) is 0 Å². The minimum atomic E-state index is -0.231. The molecule has 1 amide bonds. The van der Waals surface area contributed by atoms with Crippen molar-refractivity contribution in [1.82, 2.24) is 10.2 Å².